The molecular formula is C22H20F6N2O4. The van der Waals surface area contributed by atoms with Crippen LogP contribution in [-0.4, -0.2) is 36.6 Å². The van der Waals surface area contributed by atoms with Crippen LogP contribution in [0.3, 0.4) is 0 Å². The molecule has 34 heavy (non-hydrogen) atoms. The number of hydrogen-bond donors (Lipinski definition) is 2. The van der Waals surface area contributed by atoms with Gasteiger partial charge in [0.1, 0.15) is 12.4 Å². The maximum absolute atomic E-state index is 13.3. The van der Waals surface area contributed by atoms with Crippen LogP contribution in [0.25, 0.3) is 0 Å². The van der Waals surface area contributed by atoms with E-state index in [-0.39, 0.29) is 37.2 Å². The summed E-state index contributed by atoms with van der Waals surface area (Å²) < 4.78 is 83.8. The van der Waals surface area contributed by atoms with E-state index in [1.807, 2.05) is 0 Å². The molecule has 0 aliphatic carbocycles. The predicted molar refractivity (Wildman–Crippen MR) is 108 cm³/mol. The van der Waals surface area contributed by atoms with E-state index in [2.05, 4.69) is 5.32 Å². The van der Waals surface area contributed by atoms with Gasteiger partial charge in [-0.05, 0) is 42.3 Å². The number of carboxylic acids is 1. The highest BCUT2D eigenvalue weighted by Crippen LogP contribution is 2.38. The van der Waals surface area contributed by atoms with Gasteiger partial charge >= 0.3 is 18.3 Å². The first-order chi connectivity index (χ1) is 15.9. The maximum Gasteiger partial charge on any atom is 0.416 e. The minimum Gasteiger partial charge on any atom is -0.489 e. The lowest BCUT2D eigenvalue weighted by Gasteiger charge is -2.18. The second-order valence-electron chi connectivity index (χ2n) is 7.56. The number of ether oxygens (including phenoxy) is 1. The summed E-state index contributed by atoms with van der Waals surface area (Å²) in [6, 6.07) is 5.98. The maximum atomic E-state index is 13.3. The van der Waals surface area contributed by atoms with Crippen LogP contribution in [-0.2, 0) is 35.0 Å². The molecule has 0 fully saturated rings. The molecule has 0 saturated heterocycles. The van der Waals surface area contributed by atoms with Crippen molar-refractivity contribution < 1.29 is 45.8 Å². The number of nitrogens with zero attached hydrogens (tertiary/aromatic N) is 1. The number of carbonyl (C=O) groups excluding carboxylic acids is 1. The zero-order valence-corrected chi connectivity index (χ0v) is 17.6. The highest BCUT2D eigenvalue weighted by molar-refractivity contribution is 5.96. The van der Waals surface area contributed by atoms with Crippen molar-refractivity contribution in [1.82, 2.24) is 5.32 Å². The van der Waals surface area contributed by atoms with Gasteiger partial charge in [0.05, 0.1) is 24.1 Å². The van der Waals surface area contributed by atoms with Gasteiger partial charge in [-0.1, -0.05) is 6.07 Å². The summed E-state index contributed by atoms with van der Waals surface area (Å²) >= 11 is 0. The number of hydrogen-bond acceptors (Lipinski definition) is 4. The van der Waals surface area contributed by atoms with Gasteiger partial charge in [0.25, 0.3) is 0 Å². The summed E-state index contributed by atoms with van der Waals surface area (Å²) in [6.45, 7) is -0.144. The fourth-order valence-electron chi connectivity index (χ4n) is 3.52. The van der Waals surface area contributed by atoms with Gasteiger partial charge < -0.3 is 20.1 Å². The van der Waals surface area contributed by atoms with E-state index in [0.717, 1.165) is 11.6 Å². The third-order valence-corrected chi connectivity index (χ3v) is 5.18. The third kappa shape index (κ3) is 6.19. The van der Waals surface area contributed by atoms with Crippen LogP contribution in [0.15, 0.2) is 36.4 Å². The standard InChI is InChI=1S/C22H20F6N2O4/c23-21(24,25)15-2-1-14(17(10-15)22(26,27)28)12-34-16-3-4-18-13(9-16)6-8-30(18)19(31)11-29-7-5-20(32)33/h1-4,9-10,29H,5-8,11-12H2,(H,32,33). The van der Waals surface area contributed by atoms with Gasteiger partial charge in [-0.15, -0.1) is 0 Å². The lowest BCUT2D eigenvalue weighted by Crippen LogP contribution is -2.37. The number of nitrogens with one attached hydrogen (secondary N) is 1. The van der Waals surface area contributed by atoms with Crippen LogP contribution in [0.5, 0.6) is 5.75 Å². The number of alkyl halides is 6. The van der Waals surface area contributed by atoms with Crippen molar-refractivity contribution in [2.75, 3.05) is 24.5 Å². The van der Waals surface area contributed by atoms with Gasteiger partial charge in [0.15, 0.2) is 0 Å². The van der Waals surface area contributed by atoms with Crippen molar-refractivity contribution in [3.8, 4) is 5.75 Å². The zero-order valence-electron chi connectivity index (χ0n) is 17.6. The molecular weight excluding hydrogens is 470 g/mol. The second kappa shape index (κ2) is 9.92. The van der Waals surface area contributed by atoms with Crippen LogP contribution in [0, 0.1) is 0 Å². The molecule has 0 radical (unpaired) electrons. The fourth-order valence-corrected chi connectivity index (χ4v) is 3.52. The summed E-state index contributed by atoms with van der Waals surface area (Å²) in [5.41, 5.74) is -1.94. The normalized spacial score (nSPS) is 13.6. The largest absolute Gasteiger partial charge is 0.489 e. The Balaban J connectivity index is 1.68. The Morgan fingerprint density at radius 2 is 1.76 bits per heavy atom. The number of amides is 1. The molecule has 2 N–H and O–H groups in total. The van der Waals surface area contributed by atoms with Crippen LogP contribution < -0.4 is 15.0 Å². The van der Waals surface area contributed by atoms with Gasteiger partial charge in [0.2, 0.25) is 5.91 Å². The molecule has 2 aromatic rings. The summed E-state index contributed by atoms with van der Waals surface area (Å²) in [6.07, 6.45) is -9.55. The molecule has 1 aliphatic rings. The predicted octanol–water partition coefficient (Wildman–Crippen LogP) is 4.26. The molecule has 184 valence electrons. The van der Waals surface area contributed by atoms with Gasteiger partial charge in [-0.3, -0.25) is 9.59 Å². The van der Waals surface area contributed by atoms with Crippen LogP contribution in [0.2, 0.25) is 0 Å². The highest BCUT2D eigenvalue weighted by Gasteiger charge is 2.38. The average Bonchev–Trinajstić information content (AvgIpc) is 3.17. The number of carboxylic acid groups (broad SMARTS) is 1. The van der Waals surface area contributed by atoms with Gasteiger partial charge in [-0.2, -0.15) is 26.3 Å². The molecule has 0 bridgehead atoms. The Morgan fingerprint density at radius 1 is 1.03 bits per heavy atom. The second-order valence-corrected chi connectivity index (χ2v) is 7.56. The van der Waals surface area contributed by atoms with Crippen molar-refractivity contribution in [2.24, 2.45) is 0 Å². The fraction of sp³-hybridized carbons (Fsp3) is 0.364. The Hall–Kier alpha value is -3.28. The molecule has 0 aromatic heterocycles. The molecule has 0 atom stereocenters. The van der Waals surface area contributed by atoms with Crippen molar-refractivity contribution in [1.29, 1.82) is 0 Å². The lowest BCUT2D eigenvalue weighted by molar-refractivity contribution is -0.143. The Labute approximate surface area is 190 Å². The van der Waals surface area contributed by atoms with E-state index in [1.54, 1.807) is 12.1 Å². The SMILES string of the molecule is O=C(O)CCNCC(=O)N1CCc2cc(OCc3ccc(C(F)(F)F)cc3C(F)(F)F)ccc21. The number of fused-ring (bicyclic) bond motifs is 1. The smallest absolute Gasteiger partial charge is 0.416 e. The summed E-state index contributed by atoms with van der Waals surface area (Å²) in [5, 5.41) is 11.4. The molecule has 0 saturated carbocycles. The summed E-state index contributed by atoms with van der Waals surface area (Å²) in [7, 11) is 0. The van der Waals surface area contributed by atoms with Crippen molar-refractivity contribution >= 4 is 17.6 Å². The number of anilines is 1. The summed E-state index contributed by atoms with van der Waals surface area (Å²) in [5.74, 6) is -1.05. The molecule has 0 spiro atoms. The Bertz CT molecular complexity index is 1070. The monoisotopic (exact) mass is 490 g/mol. The van der Waals surface area contributed by atoms with Crippen molar-refractivity contribution in [3.05, 3.63) is 58.7 Å². The first kappa shape index (κ1) is 25.3. The molecule has 0 unspecified atom stereocenters. The molecule has 1 amide bonds. The molecule has 1 aliphatic heterocycles. The highest BCUT2D eigenvalue weighted by atomic mass is 19.4. The first-order valence-corrected chi connectivity index (χ1v) is 10.1. The Morgan fingerprint density at radius 3 is 2.41 bits per heavy atom. The van der Waals surface area contributed by atoms with Crippen molar-refractivity contribution in [2.45, 2.75) is 31.8 Å². The van der Waals surface area contributed by atoms with E-state index in [4.69, 9.17) is 9.84 Å². The van der Waals surface area contributed by atoms with E-state index >= 15 is 0 Å². The number of aliphatic carboxylic acids is 1. The minimum absolute atomic E-state index is 0.0564. The van der Waals surface area contributed by atoms with E-state index < -0.39 is 41.6 Å². The molecule has 1 heterocycles. The van der Waals surface area contributed by atoms with Crippen LogP contribution >= 0.6 is 0 Å². The molecule has 2 aromatic carbocycles. The quantitative estimate of drug-likeness (QED) is 0.427. The number of benzene rings is 2. The van der Waals surface area contributed by atoms with E-state index in [1.165, 1.54) is 11.0 Å². The minimum atomic E-state index is -4.99. The third-order valence-electron chi connectivity index (χ3n) is 5.18. The molecule has 12 heteroatoms. The zero-order chi connectivity index (χ0) is 25.1. The van der Waals surface area contributed by atoms with Gasteiger partial charge in [-0.25, -0.2) is 0 Å². The van der Waals surface area contributed by atoms with E-state index in [9.17, 15) is 35.9 Å². The molecule has 3 rings (SSSR count). The lowest BCUT2D eigenvalue weighted by atomic mass is 10.0. The number of halogens is 6. The van der Waals surface area contributed by atoms with Crippen LogP contribution in [0.1, 0.15) is 28.7 Å². The number of rotatable bonds is 8. The molecule has 6 nitrogen and oxygen atoms in total. The van der Waals surface area contributed by atoms with E-state index in [0.29, 0.717) is 24.7 Å². The average molecular weight is 490 g/mol. The summed E-state index contributed by atoms with van der Waals surface area (Å²) in [4.78, 5) is 24.4. The van der Waals surface area contributed by atoms with Gasteiger partial charge in [0, 0.05) is 24.3 Å². The topological polar surface area (TPSA) is 78.9 Å². The number of carbonyl (C=O) groups is 2. The first-order valence-electron chi connectivity index (χ1n) is 10.1. The Kier molecular flexibility index (Phi) is 7.39. The van der Waals surface area contributed by atoms with Crippen molar-refractivity contribution in [3.63, 3.8) is 0 Å². The van der Waals surface area contributed by atoms with Crippen LogP contribution in [0.4, 0.5) is 32.0 Å².